The maximum Gasteiger partial charge on any atom is 0.256 e. The summed E-state index contributed by atoms with van der Waals surface area (Å²) in [6, 6.07) is 23.1. The Balaban J connectivity index is 1.77. The van der Waals surface area contributed by atoms with Crippen molar-refractivity contribution in [3.63, 3.8) is 0 Å². The first-order chi connectivity index (χ1) is 15.5. The van der Waals surface area contributed by atoms with Gasteiger partial charge in [0.1, 0.15) is 0 Å². The highest BCUT2D eigenvalue weighted by Gasteiger charge is 2.21. The van der Waals surface area contributed by atoms with E-state index in [-0.39, 0.29) is 17.9 Å². The van der Waals surface area contributed by atoms with Gasteiger partial charge in [0.25, 0.3) is 11.8 Å². The third kappa shape index (κ3) is 5.25. The average Bonchev–Trinajstić information content (AvgIpc) is 2.83. The Morgan fingerprint density at radius 3 is 2.06 bits per heavy atom. The number of carbonyl (C=O) groups excluding carboxylic acids is 2. The SMILES string of the molecule is CCC(CC)N(CC)C(=O)c1ccc(NC(=O)c2ccccc2-c2ccc(C)cc2)cc1. The zero-order valence-corrected chi connectivity index (χ0v) is 19.4. The highest BCUT2D eigenvalue weighted by Crippen LogP contribution is 2.25. The van der Waals surface area contributed by atoms with Gasteiger partial charge in [-0.05, 0) is 68.1 Å². The molecule has 0 heterocycles. The first-order valence-electron chi connectivity index (χ1n) is 11.4. The molecule has 0 radical (unpaired) electrons. The summed E-state index contributed by atoms with van der Waals surface area (Å²) < 4.78 is 0. The fourth-order valence-electron chi connectivity index (χ4n) is 4.02. The second-order valence-electron chi connectivity index (χ2n) is 8.00. The average molecular weight is 429 g/mol. The van der Waals surface area contributed by atoms with Crippen LogP contribution in [0.1, 0.15) is 59.9 Å². The van der Waals surface area contributed by atoms with Crippen LogP contribution < -0.4 is 5.32 Å². The Labute approximate surface area is 191 Å². The van der Waals surface area contributed by atoms with Crippen LogP contribution in [0.4, 0.5) is 5.69 Å². The molecule has 0 aliphatic heterocycles. The van der Waals surface area contributed by atoms with E-state index in [4.69, 9.17) is 0 Å². The molecule has 0 saturated heterocycles. The number of nitrogens with one attached hydrogen (secondary N) is 1. The van der Waals surface area contributed by atoms with Crippen LogP contribution in [-0.4, -0.2) is 29.3 Å². The third-order valence-corrected chi connectivity index (χ3v) is 5.91. The topological polar surface area (TPSA) is 49.4 Å². The molecule has 0 atom stereocenters. The molecule has 4 nitrogen and oxygen atoms in total. The molecule has 0 bridgehead atoms. The molecule has 4 heteroatoms. The van der Waals surface area contributed by atoms with Crippen molar-refractivity contribution in [1.82, 2.24) is 4.90 Å². The second kappa shape index (κ2) is 10.8. The van der Waals surface area contributed by atoms with Crippen LogP contribution in [0.25, 0.3) is 11.1 Å². The Kier molecular flexibility index (Phi) is 7.82. The molecule has 0 saturated carbocycles. The van der Waals surface area contributed by atoms with Crippen molar-refractivity contribution in [2.24, 2.45) is 0 Å². The Morgan fingerprint density at radius 1 is 0.844 bits per heavy atom. The van der Waals surface area contributed by atoms with E-state index in [1.165, 1.54) is 5.56 Å². The van der Waals surface area contributed by atoms with Crippen molar-refractivity contribution < 1.29 is 9.59 Å². The van der Waals surface area contributed by atoms with Crippen LogP contribution >= 0.6 is 0 Å². The Morgan fingerprint density at radius 2 is 1.47 bits per heavy atom. The van der Waals surface area contributed by atoms with E-state index in [9.17, 15) is 9.59 Å². The summed E-state index contributed by atoms with van der Waals surface area (Å²) in [4.78, 5) is 27.9. The van der Waals surface area contributed by atoms with Crippen molar-refractivity contribution in [1.29, 1.82) is 0 Å². The zero-order valence-electron chi connectivity index (χ0n) is 19.4. The lowest BCUT2D eigenvalue weighted by molar-refractivity contribution is 0.0680. The number of amides is 2. The van der Waals surface area contributed by atoms with Gasteiger partial charge in [0.2, 0.25) is 0 Å². The van der Waals surface area contributed by atoms with Gasteiger partial charge < -0.3 is 10.2 Å². The predicted octanol–water partition coefficient (Wildman–Crippen LogP) is 6.57. The molecule has 0 aliphatic rings. The summed E-state index contributed by atoms with van der Waals surface area (Å²) >= 11 is 0. The van der Waals surface area contributed by atoms with E-state index in [2.05, 4.69) is 19.2 Å². The van der Waals surface area contributed by atoms with Crippen molar-refractivity contribution in [2.45, 2.75) is 46.6 Å². The smallest absolute Gasteiger partial charge is 0.256 e. The number of nitrogens with zero attached hydrogens (tertiary/aromatic N) is 1. The molecule has 3 aromatic rings. The monoisotopic (exact) mass is 428 g/mol. The van der Waals surface area contributed by atoms with Gasteiger partial charge in [-0.3, -0.25) is 9.59 Å². The van der Waals surface area contributed by atoms with Gasteiger partial charge in [-0.2, -0.15) is 0 Å². The summed E-state index contributed by atoms with van der Waals surface area (Å²) in [6.07, 6.45) is 1.87. The van der Waals surface area contributed by atoms with E-state index in [0.717, 1.165) is 24.0 Å². The molecule has 0 spiro atoms. The Bertz CT molecular complexity index is 1050. The number of anilines is 1. The summed E-state index contributed by atoms with van der Waals surface area (Å²) in [5.41, 5.74) is 4.98. The van der Waals surface area contributed by atoms with Gasteiger partial charge in [-0.15, -0.1) is 0 Å². The summed E-state index contributed by atoms with van der Waals surface area (Å²) in [5.74, 6) is -0.142. The molecular weight excluding hydrogens is 396 g/mol. The number of carbonyl (C=O) groups is 2. The van der Waals surface area contributed by atoms with Crippen molar-refractivity contribution in [3.8, 4) is 11.1 Å². The van der Waals surface area contributed by atoms with Gasteiger partial charge in [-0.1, -0.05) is 61.9 Å². The number of rotatable bonds is 8. The summed E-state index contributed by atoms with van der Waals surface area (Å²) in [5, 5.41) is 2.97. The minimum atomic E-state index is -0.174. The number of hydrogen-bond acceptors (Lipinski definition) is 2. The van der Waals surface area contributed by atoms with Crippen LogP contribution in [0.5, 0.6) is 0 Å². The van der Waals surface area contributed by atoms with Gasteiger partial charge in [0, 0.05) is 29.4 Å². The van der Waals surface area contributed by atoms with E-state index >= 15 is 0 Å². The van der Waals surface area contributed by atoms with E-state index < -0.39 is 0 Å². The van der Waals surface area contributed by atoms with Crippen LogP contribution in [0.3, 0.4) is 0 Å². The quantitative estimate of drug-likeness (QED) is 0.441. The minimum Gasteiger partial charge on any atom is -0.336 e. The maximum absolute atomic E-state index is 13.0. The largest absolute Gasteiger partial charge is 0.336 e. The first-order valence-corrected chi connectivity index (χ1v) is 11.4. The van der Waals surface area contributed by atoms with E-state index in [1.807, 2.05) is 67.3 Å². The molecule has 0 unspecified atom stereocenters. The van der Waals surface area contributed by atoms with Crippen LogP contribution in [0.15, 0.2) is 72.8 Å². The highest BCUT2D eigenvalue weighted by atomic mass is 16.2. The van der Waals surface area contributed by atoms with Crippen molar-refractivity contribution in [2.75, 3.05) is 11.9 Å². The van der Waals surface area contributed by atoms with Crippen LogP contribution in [0.2, 0.25) is 0 Å². The normalized spacial score (nSPS) is 10.8. The number of aryl methyl sites for hydroxylation is 1. The van der Waals surface area contributed by atoms with Gasteiger partial charge in [-0.25, -0.2) is 0 Å². The molecule has 0 fully saturated rings. The molecule has 0 aromatic heterocycles. The number of benzene rings is 3. The lowest BCUT2D eigenvalue weighted by atomic mass is 9.98. The van der Waals surface area contributed by atoms with Crippen molar-refractivity contribution in [3.05, 3.63) is 89.5 Å². The predicted molar refractivity (Wildman–Crippen MR) is 132 cm³/mol. The summed E-state index contributed by atoms with van der Waals surface area (Å²) in [7, 11) is 0. The maximum atomic E-state index is 13.0. The second-order valence-corrected chi connectivity index (χ2v) is 8.00. The number of hydrogen-bond donors (Lipinski definition) is 1. The highest BCUT2D eigenvalue weighted by molar-refractivity contribution is 6.09. The molecule has 3 aromatic carbocycles. The van der Waals surface area contributed by atoms with Gasteiger partial charge in [0.15, 0.2) is 0 Å². The van der Waals surface area contributed by atoms with Crippen LogP contribution in [-0.2, 0) is 0 Å². The molecule has 32 heavy (non-hydrogen) atoms. The van der Waals surface area contributed by atoms with Gasteiger partial charge in [0.05, 0.1) is 0 Å². The molecule has 2 amide bonds. The van der Waals surface area contributed by atoms with Crippen molar-refractivity contribution >= 4 is 17.5 Å². The zero-order chi connectivity index (χ0) is 23.1. The molecule has 0 aliphatic carbocycles. The summed E-state index contributed by atoms with van der Waals surface area (Å²) in [6.45, 7) is 8.95. The standard InChI is InChI=1S/C28H32N2O2/c1-5-24(6-2)30(7-3)28(32)22-16-18-23(19-17-22)29-27(31)26-11-9-8-10-25(26)21-14-12-20(4)13-15-21/h8-19,24H,5-7H2,1-4H3,(H,29,31). The minimum absolute atomic E-state index is 0.0313. The van der Waals surface area contributed by atoms with E-state index in [1.54, 1.807) is 24.3 Å². The van der Waals surface area contributed by atoms with Gasteiger partial charge >= 0.3 is 0 Å². The molecular formula is C28H32N2O2. The lowest BCUT2D eigenvalue weighted by Gasteiger charge is -2.29. The van der Waals surface area contributed by atoms with E-state index in [0.29, 0.717) is 23.4 Å². The molecule has 3 rings (SSSR count). The Hall–Kier alpha value is -3.40. The fraction of sp³-hybridized carbons (Fsp3) is 0.286. The molecule has 1 N–H and O–H groups in total. The fourth-order valence-corrected chi connectivity index (χ4v) is 4.02. The first kappa shape index (κ1) is 23.3. The lowest BCUT2D eigenvalue weighted by Crippen LogP contribution is -2.39. The molecule has 166 valence electrons. The third-order valence-electron chi connectivity index (χ3n) is 5.91. The van der Waals surface area contributed by atoms with Crippen LogP contribution in [0, 0.1) is 6.92 Å².